The average molecular weight is 376 g/mol. The van der Waals surface area contributed by atoms with Crippen molar-refractivity contribution in [2.45, 2.75) is 24.7 Å². The van der Waals surface area contributed by atoms with Crippen LogP contribution in [0.3, 0.4) is 0 Å². The number of nitrogens with one attached hydrogen (secondary N) is 2. The standard InChI is InChI=1S/C19H24N2O4S/c1-16-8-5-6-11-18(16)25-15-7-12-19(22)20-13-14-21-26(23,24)17-9-3-2-4-10-17/h2-6,8-11,21H,7,12-15H2,1H3,(H,20,22). The molecule has 2 aromatic rings. The third-order valence-corrected chi connectivity index (χ3v) is 5.17. The van der Waals surface area contributed by atoms with Crippen molar-refractivity contribution in [3.8, 4) is 5.75 Å². The van der Waals surface area contributed by atoms with E-state index in [1.54, 1.807) is 18.2 Å². The van der Waals surface area contributed by atoms with Crippen LogP contribution in [0.2, 0.25) is 0 Å². The Kier molecular flexibility index (Phi) is 7.62. The zero-order chi connectivity index (χ0) is 18.8. The quantitative estimate of drug-likeness (QED) is 0.623. The molecule has 0 atom stereocenters. The van der Waals surface area contributed by atoms with Crippen LogP contribution < -0.4 is 14.8 Å². The Hall–Kier alpha value is -2.38. The molecule has 7 heteroatoms. The number of carbonyl (C=O) groups excluding carboxylic acids is 1. The average Bonchev–Trinajstić information content (AvgIpc) is 2.64. The number of rotatable bonds is 10. The van der Waals surface area contributed by atoms with Crippen LogP contribution in [-0.4, -0.2) is 34.0 Å². The van der Waals surface area contributed by atoms with E-state index < -0.39 is 10.0 Å². The van der Waals surface area contributed by atoms with E-state index in [-0.39, 0.29) is 23.9 Å². The van der Waals surface area contributed by atoms with Gasteiger partial charge in [-0.3, -0.25) is 4.79 Å². The van der Waals surface area contributed by atoms with Crippen molar-refractivity contribution in [2.75, 3.05) is 19.7 Å². The van der Waals surface area contributed by atoms with E-state index in [9.17, 15) is 13.2 Å². The second-order valence-electron chi connectivity index (χ2n) is 5.78. The van der Waals surface area contributed by atoms with Gasteiger partial charge in [-0.25, -0.2) is 13.1 Å². The summed E-state index contributed by atoms with van der Waals surface area (Å²) < 4.78 is 32.1. The monoisotopic (exact) mass is 376 g/mol. The summed E-state index contributed by atoms with van der Waals surface area (Å²) in [7, 11) is -3.54. The van der Waals surface area contributed by atoms with Crippen molar-refractivity contribution < 1.29 is 17.9 Å². The molecule has 0 aromatic heterocycles. The first-order valence-electron chi connectivity index (χ1n) is 8.49. The van der Waals surface area contributed by atoms with Gasteiger partial charge in [-0.15, -0.1) is 0 Å². The number of hydrogen-bond donors (Lipinski definition) is 2. The summed E-state index contributed by atoms with van der Waals surface area (Å²) in [5.41, 5.74) is 1.06. The lowest BCUT2D eigenvalue weighted by Gasteiger charge is -2.09. The van der Waals surface area contributed by atoms with Crippen LogP contribution in [0.1, 0.15) is 18.4 Å². The number of benzene rings is 2. The number of carbonyl (C=O) groups is 1. The molecule has 0 aliphatic heterocycles. The molecule has 2 rings (SSSR count). The maximum Gasteiger partial charge on any atom is 0.240 e. The molecule has 2 N–H and O–H groups in total. The lowest BCUT2D eigenvalue weighted by Crippen LogP contribution is -2.34. The van der Waals surface area contributed by atoms with Crippen molar-refractivity contribution in [3.05, 3.63) is 60.2 Å². The highest BCUT2D eigenvalue weighted by Crippen LogP contribution is 2.16. The smallest absolute Gasteiger partial charge is 0.240 e. The number of amides is 1. The van der Waals surface area contributed by atoms with Gasteiger partial charge < -0.3 is 10.1 Å². The van der Waals surface area contributed by atoms with Gasteiger partial charge in [-0.2, -0.15) is 0 Å². The molecular formula is C19H24N2O4S. The minimum atomic E-state index is -3.54. The van der Waals surface area contributed by atoms with Crippen LogP contribution in [0, 0.1) is 6.92 Å². The summed E-state index contributed by atoms with van der Waals surface area (Å²) in [5, 5.41) is 2.70. The molecule has 140 valence electrons. The molecule has 0 bridgehead atoms. The molecule has 6 nitrogen and oxygen atoms in total. The summed E-state index contributed by atoms with van der Waals surface area (Å²) >= 11 is 0. The van der Waals surface area contributed by atoms with E-state index in [2.05, 4.69) is 10.0 Å². The van der Waals surface area contributed by atoms with Crippen LogP contribution >= 0.6 is 0 Å². The van der Waals surface area contributed by atoms with Crippen molar-refractivity contribution in [1.82, 2.24) is 10.0 Å². The Balaban J connectivity index is 1.60. The van der Waals surface area contributed by atoms with Gasteiger partial charge >= 0.3 is 0 Å². The van der Waals surface area contributed by atoms with Gasteiger partial charge in [0, 0.05) is 19.5 Å². The van der Waals surface area contributed by atoms with E-state index in [4.69, 9.17) is 4.74 Å². The third-order valence-electron chi connectivity index (χ3n) is 3.69. The number of aryl methyl sites for hydroxylation is 1. The van der Waals surface area contributed by atoms with Crippen molar-refractivity contribution in [1.29, 1.82) is 0 Å². The molecule has 0 radical (unpaired) electrons. The zero-order valence-electron chi connectivity index (χ0n) is 14.8. The first-order chi connectivity index (χ1) is 12.5. The van der Waals surface area contributed by atoms with Crippen LogP contribution in [0.25, 0.3) is 0 Å². The number of hydrogen-bond acceptors (Lipinski definition) is 4. The highest BCUT2D eigenvalue weighted by molar-refractivity contribution is 7.89. The summed E-state index contributed by atoms with van der Waals surface area (Å²) in [4.78, 5) is 12.0. The molecule has 0 spiro atoms. The van der Waals surface area contributed by atoms with Crippen LogP contribution in [0.4, 0.5) is 0 Å². The van der Waals surface area contributed by atoms with E-state index in [0.29, 0.717) is 19.4 Å². The van der Waals surface area contributed by atoms with E-state index in [0.717, 1.165) is 11.3 Å². The number of ether oxygens (including phenoxy) is 1. The highest BCUT2D eigenvalue weighted by Gasteiger charge is 2.12. The maximum absolute atomic E-state index is 12.0. The van der Waals surface area contributed by atoms with Crippen molar-refractivity contribution in [3.63, 3.8) is 0 Å². The topological polar surface area (TPSA) is 84.5 Å². The van der Waals surface area contributed by atoms with Crippen LogP contribution in [0.5, 0.6) is 5.75 Å². The molecule has 0 unspecified atom stereocenters. The first kappa shape index (κ1) is 19.9. The SMILES string of the molecule is Cc1ccccc1OCCCC(=O)NCCNS(=O)(=O)c1ccccc1. The van der Waals surface area contributed by atoms with Gasteiger partial charge in [-0.05, 0) is 37.1 Å². The largest absolute Gasteiger partial charge is 0.493 e. The second kappa shape index (κ2) is 9.94. The fraction of sp³-hybridized carbons (Fsp3) is 0.316. The Labute approximate surface area is 154 Å². The summed E-state index contributed by atoms with van der Waals surface area (Å²) in [6, 6.07) is 15.8. The second-order valence-corrected chi connectivity index (χ2v) is 7.55. The lowest BCUT2D eigenvalue weighted by atomic mass is 10.2. The molecule has 0 aliphatic rings. The number of para-hydroxylation sites is 1. The summed E-state index contributed by atoms with van der Waals surface area (Å²) in [6.45, 7) is 2.81. The van der Waals surface area contributed by atoms with E-state index >= 15 is 0 Å². The molecule has 1 amide bonds. The molecule has 2 aromatic carbocycles. The predicted molar refractivity (Wildman–Crippen MR) is 101 cm³/mol. The van der Waals surface area contributed by atoms with Gasteiger partial charge in [-0.1, -0.05) is 36.4 Å². The van der Waals surface area contributed by atoms with Crippen molar-refractivity contribution in [2.24, 2.45) is 0 Å². The Morgan fingerprint density at radius 3 is 2.42 bits per heavy atom. The van der Waals surface area contributed by atoms with Crippen molar-refractivity contribution >= 4 is 15.9 Å². The first-order valence-corrected chi connectivity index (χ1v) is 9.97. The van der Waals surface area contributed by atoms with Gasteiger partial charge in [0.05, 0.1) is 11.5 Å². The highest BCUT2D eigenvalue weighted by atomic mass is 32.2. The van der Waals surface area contributed by atoms with Crippen LogP contribution in [-0.2, 0) is 14.8 Å². The Morgan fingerprint density at radius 2 is 1.69 bits per heavy atom. The van der Waals surface area contributed by atoms with Gasteiger partial charge in [0.15, 0.2) is 0 Å². The molecular weight excluding hydrogens is 352 g/mol. The zero-order valence-corrected chi connectivity index (χ0v) is 15.6. The van der Waals surface area contributed by atoms with Crippen LogP contribution in [0.15, 0.2) is 59.5 Å². The fourth-order valence-corrected chi connectivity index (χ4v) is 3.34. The third kappa shape index (κ3) is 6.50. The molecule has 0 heterocycles. The number of sulfonamides is 1. The van der Waals surface area contributed by atoms with E-state index in [1.165, 1.54) is 12.1 Å². The molecule has 0 fully saturated rings. The molecule has 0 saturated carbocycles. The fourth-order valence-electron chi connectivity index (χ4n) is 2.29. The van der Waals surface area contributed by atoms with Gasteiger partial charge in [0.25, 0.3) is 0 Å². The normalized spacial score (nSPS) is 11.1. The maximum atomic E-state index is 12.0. The summed E-state index contributed by atoms with van der Waals surface area (Å²) in [6.07, 6.45) is 0.924. The molecule has 0 saturated heterocycles. The predicted octanol–water partition coefficient (Wildman–Crippen LogP) is 2.25. The summed E-state index contributed by atoms with van der Waals surface area (Å²) in [5.74, 6) is 0.695. The molecule has 26 heavy (non-hydrogen) atoms. The Bertz CT molecular complexity index is 807. The van der Waals surface area contributed by atoms with E-state index in [1.807, 2.05) is 31.2 Å². The minimum absolute atomic E-state index is 0.128. The lowest BCUT2D eigenvalue weighted by molar-refractivity contribution is -0.121. The van der Waals surface area contributed by atoms with Gasteiger partial charge in [0.2, 0.25) is 15.9 Å². The molecule has 0 aliphatic carbocycles. The Morgan fingerprint density at radius 1 is 1.00 bits per heavy atom. The minimum Gasteiger partial charge on any atom is -0.493 e. The van der Waals surface area contributed by atoms with Gasteiger partial charge in [0.1, 0.15) is 5.75 Å².